The van der Waals surface area contributed by atoms with Crippen molar-refractivity contribution in [2.45, 2.75) is 33.2 Å². The third-order valence-electron chi connectivity index (χ3n) is 4.22. The summed E-state index contributed by atoms with van der Waals surface area (Å²) in [4.78, 5) is 25.8. The molecule has 0 aliphatic carbocycles. The van der Waals surface area contributed by atoms with Crippen LogP contribution >= 0.6 is 0 Å². The standard InChI is InChI=1S/C19H23NO5/c1-5-16-15(19(22)23)11-17(25-16)18(21)20(6-2)12(3)13-8-7-9-14(10-13)24-4/h7-12H,5-6H2,1-4H3,(H,22,23). The summed E-state index contributed by atoms with van der Waals surface area (Å²) in [6, 6.07) is 8.61. The largest absolute Gasteiger partial charge is 0.497 e. The molecule has 134 valence electrons. The van der Waals surface area contributed by atoms with E-state index in [1.165, 1.54) is 6.07 Å². The summed E-state index contributed by atoms with van der Waals surface area (Å²) in [7, 11) is 1.59. The number of carboxylic acid groups (broad SMARTS) is 1. The van der Waals surface area contributed by atoms with Crippen LogP contribution in [-0.4, -0.2) is 35.5 Å². The van der Waals surface area contributed by atoms with Gasteiger partial charge in [-0.25, -0.2) is 4.79 Å². The van der Waals surface area contributed by atoms with Gasteiger partial charge in [-0.1, -0.05) is 19.1 Å². The second-order valence-electron chi connectivity index (χ2n) is 5.65. The van der Waals surface area contributed by atoms with Crippen LogP contribution in [0.1, 0.15) is 59.0 Å². The monoisotopic (exact) mass is 345 g/mol. The zero-order valence-corrected chi connectivity index (χ0v) is 14.9. The highest BCUT2D eigenvalue weighted by Crippen LogP contribution is 2.26. The molecular weight excluding hydrogens is 322 g/mol. The third-order valence-corrected chi connectivity index (χ3v) is 4.22. The van der Waals surface area contributed by atoms with Gasteiger partial charge in [0.15, 0.2) is 5.76 Å². The molecule has 0 aliphatic rings. The number of nitrogens with zero attached hydrogens (tertiary/aromatic N) is 1. The van der Waals surface area contributed by atoms with Crippen LogP contribution in [0.4, 0.5) is 0 Å². The molecule has 1 aromatic carbocycles. The van der Waals surface area contributed by atoms with Crippen molar-refractivity contribution in [3.05, 3.63) is 53.0 Å². The van der Waals surface area contributed by atoms with Crippen molar-refractivity contribution < 1.29 is 23.8 Å². The number of hydrogen-bond acceptors (Lipinski definition) is 4. The molecule has 6 heteroatoms. The van der Waals surface area contributed by atoms with E-state index in [0.717, 1.165) is 5.56 Å². The Morgan fingerprint density at radius 2 is 2.00 bits per heavy atom. The number of aromatic carboxylic acids is 1. The van der Waals surface area contributed by atoms with E-state index in [9.17, 15) is 14.7 Å². The molecule has 2 rings (SSSR count). The van der Waals surface area contributed by atoms with Crippen molar-refractivity contribution in [1.29, 1.82) is 0 Å². The topological polar surface area (TPSA) is 80.0 Å². The third kappa shape index (κ3) is 3.84. The normalized spacial score (nSPS) is 11.8. The highest BCUT2D eigenvalue weighted by Gasteiger charge is 2.27. The SMILES string of the molecule is CCc1oc(C(=O)N(CC)C(C)c2cccc(OC)c2)cc1C(=O)O. The number of rotatable bonds is 7. The quantitative estimate of drug-likeness (QED) is 0.826. The minimum atomic E-state index is -1.09. The first-order valence-corrected chi connectivity index (χ1v) is 8.23. The van der Waals surface area contributed by atoms with Crippen molar-refractivity contribution >= 4 is 11.9 Å². The van der Waals surface area contributed by atoms with Gasteiger partial charge in [-0.05, 0) is 31.5 Å². The summed E-state index contributed by atoms with van der Waals surface area (Å²) >= 11 is 0. The van der Waals surface area contributed by atoms with Crippen molar-refractivity contribution in [3.63, 3.8) is 0 Å². The van der Waals surface area contributed by atoms with Crippen LogP contribution in [0.15, 0.2) is 34.7 Å². The van der Waals surface area contributed by atoms with Gasteiger partial charge in [0.05, 0.1) is 13.2 Å². The molecule has 2 aromatic rings. The van der Waals surface area contributed by atoms with Gasteiger partial charge < -0.3 is 19.2 Å². The maximum absolute atomic E-state index is 12.9. The summed E-state index contributed by atoms with van der Waals surface area (Å²) in [6.07, 6.45) is 0.409. The Bertz CT molecular complexity index is 765. The van der Waals surface area contributed by atoms with Gasteiger partial charge in [0.25, 0.3) is 5.91 Å². The van der Waals surface area contributed by atoms with E-state index < -0.39 is 5.97 Å². The molecule has 1 atom stereocenters. The molecule has 0 spiro atoms. The second kappa shape index (κ2) is 7.88. The first-order valence-electron chi connectivity index (χ1n) is 8.23. The summed E-state index contributed by atoms with van der Waals surface area (Å²) in [5.41, 5.74) is 0.964. The predicted octanol–water partition coefficient (Wildman–Crippen LogP) is 3.77. The average Bonchev–Trinajstić information content (AvgIpc) is 3.07. The summed E-state index contributed by atoms with van der Waals surface area (Å²) < 4.78 is 10.7. The van der Waals surface area contributed by atoms with Crippen molar-refractivity contribution in [1.82, 2.24) is 4.90 Å². The molecule has 0 saturated carbocycles. The number of furan rings is 1. The van der Waals surface area contributed by atoms with E-state index in [2.05, 4.69) is 0 Å². The number of carboxylic acids is 1. The number of carbonyl (C=O) groups excluding carboxylic acids is 1. The van der Waals surface area contributed by atoms with Crippen LogP contribution < -0.4 is 4.74 Å². The van der Waals surface area contributed by atoms with E-state index in [4.69, 9.17) is 9.15 Å². The molecule has 0 fully saturated rings. The fourth-order valence-electron chi connectivity index (χ4n) is 2.79. The molecule has 1 unspecified atom stereocenters. The Morgan fingerprint density at radius 1 is 1.28 bits per heavy atom. The fraction of sp³-hybridized carbons (Fsp3) is 0.368. The Hall–Kier alpha value is -2.76. The lowest BCUT2D eigenvalue weighted by Crippen LogP contribution is -2.33. The van der Waals surface area contributed by atoms with Gasteiger partial charge in [0, 0.05) is 19.0 Å². The maximum Gasteiger partial charge on any atom is 0.339 e. The van der Waals surface area contributed by atoms with Gasteiger partial charge in [0.2, 0.25) is 0 Å². The van der Waals surface area contributed by atoms with Gasteiger partial charge >= 0.3 is 5.97 Å². The number of aryl methyl sites for hydroxylation is 1. The zero-order chi connectivity index (χ0) is 18.6. The molecule has 0 bridgehead atoms. The first kappa shape index (κ1) is 18.6. The van der Waals surface area contributed by atoms with Gasteiger partial charge in [-0.2, -0.15) is 0 Å². The molecular formula is C19H23NO5. The highest BCUT2D eigenvalue weighted by molar-refractivity contribution is 5.96. The Morgan fingerprint density at radius 3 is 2.52 bits per heavy atom. The molecule has 25 heavy (non-hydrogen) atoms. The van der Waals surface area contributed by atoms with Crippen molar-refractivity contribution in [3.8, 4) is 5.75 Å². The lowest BCUT2D eigenvalue weighted by Gasteiger charge is -2.27. The van der Waals surface area contributed by atoms with Crippen LogP contribution in [0.5, 0.6) is 5.75 Å². The molecule has 1 aromatic heterocycles. The summed E-state index contributed by atoms with van der Waals surface area (Å²) in [5, 5.41) is 9.23. The maximum atomic E-state index is 12.9. The molecule has 0 radical (unpaired) electrons. The average molecular weight is 345 g/mol. The minimum Gasteiger partial charge on any atom is -0.497 e. The van der Waals surface area contributed by atoms with E-state index >= 15 is 0 Å². The fourth-order valence-corrected chi connectivity index (χ4v) is 2.79. The van der Waals surface area contributed by atoms with E-state index in [1.807, 2.05) is 38.1 Å². The lowest BCUT2D eigenvalue weighted by molar-refractivity contribution is 0.0664. The van der Waals surface area contributed by atoms with E-state index in [1.54, 1.807) is 18.9 Å². The van der Waals surface area contributed by atoms with Crippen LogP contribution in [0.3, 0.4) is 0 Å². The molecule has 1 heterocycles. The van der Waals surface area contributed by atoms with Gasteiger partial charge in [0.1, 0.15) is 17.1 Å². The van der Waals surface area contributed by atoms with Crippen LogP contribution in [0.2, 0.25) is 0 Å². The van der Waals surface area contributed by atoms with Crippen LogP contribution in [-0.2, 0) is 6.42 Å². The zero-order valence-electron chi connectivity index (χ0n) is 14.9. The van der Waals surface area contributed by atoms with E-state index in [-0.39, 0.29) is 23.3 Å². The first-order chi connectivity index (χ1) is 11.9. The van der Waals surface area contributed by atoms with Crippen molar-refractivity contribution in [2.75, 3.05) is 13.7 Å². The molecule has 0 saturated heterocycles. The Kier molecular flexibility index (Phi) is 5.85. The summed E-state index contributed by atoms with van der Waals surface area (Å²) in [6.45, 7) is 6.03. The number of hydrogen-bond donors (Lipinski definition) is 1. The van der Waals surface area contributed by atoms with E-state index in [0.29, 0.717) is 24.5 Å². The number of ether oxygens (including phenoxy) is 1. The predicted molar refractivity (Wildman–Crippen MR) is 93.2 cm³/mol. The van der Waals surface area contributed by atoms with Gasteiger partial charge in [-0.15, -0.1) is 0 Å². The van der Waals surface area contributed by atoms with Crippen LogP contribution in [0.25, 0.3) is 0 Å². The lowest BCUT2D eigenvalue weighted by atomic mass is 10.1. The smallest absolute Gasteiger partial charge is 0.339 e. The second-order valence-corrected chi connectivity index (χ2v) is 5.65. The Labute approximate surface area is 147 Å². The molecule has 0 aliphatic heterocycles. The number of amides is 1. The molecule has 6 nitrogen and oxygen atoms in total. The Balaban J connectivity index is 2.33. The molecule has 1 amide bonds. The number of methoxy groups -OCH3 is 1. The number of benzene rings is 1. The summed E-state index contributed by atoms with van der Waals surface area (Å²) in [5.74, 6) is -0.359. The van der Waals surface area contributed by atoms with Crippen molar-refractivity contribution in [2.24, 2.45) is 0 Å². The van der Waals surface area contributed by atoms with Gasteiger partial charge in [-0.3, -0.25) is 4.79 Å². The highest BCUT2D eigenvalue weighted by atomic mass is 16.5. The van der Waals surface area contributed by atoms with Crippen LogP contribution in [0, 0.1) is 0 Å². The number of carbonyl (C=O) groups is 2. The molecule has 1 N–H and O–H groups in total. The minimum absolute atomic E-state index is 0.0379.